The van der Waals surface area contributed by atoms with Gasteiger partial charge < -0.3 is 14.4 Å². The van der Waals surface area contributed by atoms with Gasteiger partial charge in [0, 0.05) is 28.9 Å². The van der Waals surface area contributed by atoms with E-state index in [9.17, 15) is 13.9 Å². The fourth-order valence-corrected chi connectivity index (χ4v) is 3.92. The third-order valence-electron chi connectivity index (χ3n) is 5.31. The summed E-state index contributed by atoms with van der Waals surface area (Å²) in [5, 5.41) is 13.7. The Morgan fingerprint density at radius 1 is 0.903 bits per heavy atom. The molecule has 0 radical (unpaired) electrons. The topological polar surface area (TPSA) is 46.9 Å². The summed E-state index contributed by atoms with van der Waals surface area (Å²) in [6.07, 6.45) is -0.799. The summed E-state index contributed by atoms with van der Waals surface area (Å²) < 4.78 is 34.7. The number of fused-ring (bicyclic) bond motifs is 3. The molecule has 0 spiro atoms. The van der Waals surface area contributed by atoms with E-state index in [0.29, 0.717) is 17.4 Å². The van der Waals surface area contributed by atoms with Gasteiger partial charge >= 0.3 is 0 Å². The predicted molar refractivity (Wildman–Crippen MR) is 117 cm³/mol. The van der Waals surface area contributed by atoms with Crippen LogP contribution in [0.15, 0.2) is 60.7 Å². The molecule has 0 bridgehead atoms. The first kappa shape index (κ1) is 21.2. The highest BCUT2D eigenvalue weighted by atomic mass is 19.1. The van der Waals surface area contributed by atoms with Gasteiger partial charge in [-0.2, -0.15) is 0 Å². The van der Waals surface area contributed by atoms with Crippen molar-refractivity contribution in [3.63, 3.8) is 0 Å². The highest BCUT2D eigenvalue weighted by Crippen LogP contribution is 2.30. The van der Waals surface area contributed by atoms with E-state index in [-0.39, 0.29) is 24.7 Å². The molecule has 5 nitrogen and oxygen atoms in total. The van der Waals surface area contributed by atoms with Gasteiger partial charge in [0.15, 0.2) is 0 Å². The van der Waals surface area contributed by atoms with Crippen LogP contribution >= 0.6 is 0 Å². The molecule has 0 aliphatic rings. The van der Waals surface area contributed by atoms with Crippen LogP contribution in [0.4, 0.5) is 14.5 Å². The second-order valence-electron chi connectivity index (χ2n) is 7.43. The molecule has 1 N–H and O–H groups in total. The molecule has 1 heterocycles. The van der Waals surface area contributed by atoms with E-state index >= 15 is 0 Å². The molecule has 0 saturated carbocycles. The molecule has 31 heavy (non-hydrogen) atoms. The summed E-state index contributed by atoms with van der Waals surface area (Å²) in [5.41, 5.74) is 3.29. The van der Waals surface area contributed by atoms with Crippen molar-refractivity contribution in [3.8, 4) is 0 Å². The zero-order valence-electron chi connectivity index (χ0n) is 17.4. The second-order valence-corrected chi connectivity index (χ2v) is 7.43. The van der Waals surface area contributed by atoms with Gasteiger partial charge in [0.25, 0.3) is 0 Å². The van der Waals surface area contributed by atoms with Crippen LogP contribution in [0.2, 0.25) is 0 Å². The van der Waals surface area contributed by atoms with Gasteiger partial charge in [-0.3, -0.25) is 9.90 Å². The molecule has 0 aliphatic heterocycles. The number of halogens is 2. The van der Waals surface area contributed by atoms with Crippen LogP contribution < -0.4 is 5.06 Å². The largest absolute Gasteiger partial charge is 0.389 e. The van der Waals surface area contributed by atoms with Gasteiger partial charge in [0.05, 0.1) is 38.6 Å². The Hall–Kier alpha value is -3.00. The molecule has 0 amide bonds. The first-order chi connectivity index (χ1) is 15.0. The van der Waals surface area contributed by atoms with Gasteiger partial charge in [-0.05, 0) is 54.1 Å². The van der Waals surface area contributed by atoms with Crippen molar-refractivity contribution in [1.29, 1.82) is 0 Å². The first-order valence-electron chi connectivity index (χ1n) is 9.94. The zero-order valence-corrected chi connectivity index (χ0v) is 17.4. The summed E-state index contributed by atoms with van der Waals surface area (Å²) in [7, 11) is 3.19. The van der Waals surface area contributed by atoms with Crippen LogP contribution in [0.1, 0.15) is 5.56 Å². The number of rotatable bonds is 8. The molecule has 3 aromatic carbocycles. The van der Waals surface area contributed by atoms with Crippen molar-refractivity contribution in [2.75, 3.05) is 25.8 Å². The van der Waals surface area contributed by atoms with Gasteiger partial charge in [0.1, 0.15) is 11.6 Å². The van der Waals surface area contributed by atoms with Crippen LogP contribution in [0, 0.1) is 11.6 Å². The number of ether oxygens (including phenoxy) is 1. The molecule has 1 unspecified atom stereocenters. The van der Waals surface area contributed by atoms with Crippen LogP contribution in [-0.4, -0.2) is 36.5 Å². The maximum Gasteiger partial charge on any atom is 0.123 e. The van der Waals surface area contributed by atoms with Crippen LogP contribution in [0.5, 0.6) is 0 Å². The van der Waals surface area contributed by atoms with Crippen molar-refractivity contribution < 1.29 is 23.5 Å². The summed E-state index contributed by atoms with van der Waals surface area (Å²) in [6.45, 7) is 0.966. The Balaban J connectivity index is 1.60. The van der Waals surface area contributed by atoms with Crippen molar-refractivity contribution in [2.24, 2.45) is 0 Å². The number of benzene rings is 3. The fraction of sp³-hybridized carbons (Fsp3) is 0.250. The van der Waals surface area contributed by atoms with Crippen molar-refractivity contribution in [3.05, 3.63) is 77.9 Å². The van der Waals surface area contributed by atoms with E-state index in [1.807, 2.05) is 28.8 Å². The van der Waals surface area contributed by atoms with E-state index in [2.05, 4.69) is 0 Å². The number of nitrogens with zero attached hydrogens (tertiary/aromatic N) is 2. The molecule has 0 aliphatic carbocycles. The van der Waals surface area contributed by atoms with Crippen LogP contribution in [0.25, 0.3) is 21.8 Å². The summed E-state index contributed by atoms with van der Waals surface area (Å²) in [6, 6.07) is 16.5. The summed E-state index contributed by atoms with van der Waals surface area (Å²) >= 11 is 0. The molecular formula is C24H24F2N2O3. The smallest absolute Gasteiger partial charge is 0.123 e. The number of hydroxylamine groups is 1. The number of anilines is 1. The predicted octanol–water partition coefficient (Wildman–Crippen LogP) is 4.65. The monoisotopic (exact) mass is 426 g/mol. The van der Waals surface area contributed by atoms with Gasteiger partial charge in [-0.1, -0.05) is 12.1 Å². The molecule has 4 aromatic rings. The van der Waals surface area contributed by atoms with Gasteiger partial charge in [0.2, 0.25) is 0 Å². The Bertz CT molecular complexity index is 1130. The quantitative estimate of drug-likeness (QED) is 0.417. The maximum absolute atomic E-state index is 13.8. The lowest BCUT2D eigenvalue weighted by atomic mass is 10.1. The zero-order chi connectivity index (χ0) is 22.0. The fourth-order valence-electron chi connectivity index (χ4n) is 3.92. The van der Waals surface area contributed by atoms with Crippen LogP contribution in [-0.2, 0) is 22.7 Å². The Morgan fingerprint density at radius 2 is 1.48 bits per heavy atom. The van der Waals surface area contributed by atoms with Crippen molar-refractivity contribution in [1.82, 2.24) is 4.57 Å². The Kier molecular flexibility index (Phi) is 6.18. The minimum absolute atomic E-state index is 0.212. The number of hydrogen-bond donors (Lipinski definition) is 1. The molecule has 162 valence electrons. The number of aliphatic hydroxyl groups excluding tert-OH is 1. The van der Waals surface area contributed by atoms with E-state index in [1.54, 1.807) is 31.4 Å². The van der Waals surface area contributed by atoms with E-state index < -0.39 is 6.10 Å². The molecule has 7 heteroatoms. The SMILES string of the molecule is COCc1ccc(N(CC(O)Cn2c3ccc(F)cc3c3cc(F)ccc32)OC)cc1. The van der Waals surface area contributed by atoms with E-state index in [4.69, 9.17) is 9.57 Å². The standard InChI is InChI=1S/C24H24F2N2O3/c1-30-15-16-3-7-19(8-4-16)28(31-2)14-20(29)13-27-23-9-5-17(25)11-21(23)22-12-18(26)6-10-24(22)27/h3-12,20,29H,13-15H2,1-2H3. The average molecular weight is 426 g/mol. The molecular weight excluding hydrogens is 402 g/mol. The van der Waals surface area contributed by atoms with Crippen molar-refractivity contribution in [2.45, 2.75) is 19.3 Å². The van der Waals surface area contributed by atoms with E-state index in [0.717, 1.165) is 22.3 Å². The number of aromatic nitrogens is 1. The van der Waals surface area contributed by atoms with Crippen LogP contribution in [0.3, 0.4) is 0 Å². The summed E-state index contributed by atoms with van der Waals surface area (Å²) in [5.74, 6) is -0.780. The molecule has 1 atom stereocenters. The molecule has 0 saturated heterocycles. The summed E-state index contributed by atoms with van der Waals surface area (Å²) in [4.78, 5) is 5.47. The maximum atomic E-state index is 13.8. The minimum Gasteiger partial charge on any atom is -0.389 e. The number of aliphatic hydroxyl groups is 1. The first-order valence-corrected chi connectivity index (χ1v) is 9.94. The number of methoxy groups -OCH3 is 1. The third-order valence-corrected chi connectivity index (χ3v) is 5.31. The highest BCUT2D eigenvalue weighted by molar-refractivity contribution is 6.08. The highest BCUT2D eigenvalue weighted by Gasteiger charge is 2.18. The van der Waals surface area contributed by atoms with E-state index in [1.165, 1.54) is 24.3 Å². The minimum atomic E-state index is -0.799. The van der Waals surface area contributed by atoms with Gasteiger partial charge in [-0.25, -0.2) is 8.78 Å². The Morgan fingerprint density at radius 3 is 2.00 bits per heavy atom. The average Bonchev–Trinajstić information content (AvgIpc) is 3.05. The normalized spacial score (nSPS) is 12.5. The van der Waals surface area contributed by atoms with Gasteiger partial charge in [-0.15, -0.1) is 0 Å². The second kappa shape index (κ2) is 9.01. The molecule has 4 rings (SSSR count). The molecule has 1 aromatic heterocycles. The lowest BCUT2D eigenvalue weighted by molar-refractivity contribution is 0.0981. The molecule has 0 fully saturated rings. The van der Waals surface area contributed by atoms with Crippen molar-refractivity contribution >= 4 is 27.5 Å². The third kappa shape index (κ3) is 4.39. The lowest BCUT2D eigenvalue weighted by Gasteiger charge is -2.25. The lowest BCUT2D eigenvalue weighted by Crippen LogP contribution is -2.34. The Labute approximate surface area is 179 Å². The number of hydrogen-bond acceptors (Lipinski definition) is 4.